The fourth-order valence-corrected chi connectivity index (χ4v) is 4.61. The number of sulfonamides is 1. The molecule has 1 aromatic carbocycles. The molecular weight excluding hydrogens is 359 g/mol. The second kappa shape index (κ2) is 7.16. The number of carbonyl (C=O) groups is 1. The Hall–Kier alpha value is -2.26. The summed E-state index contributed by atoms with van der Waals surface area (Å²) in [5.74, 6) is -0.599. The molecule has 1 aliphatic rings. The Bertz CT molecular complexity index is 909. The van der Waals surface area contributed by atoms with Gasteiger partial charge >= 0.3 is 0 Å². The van der Waals surface area contributed by atoms with Crippen molar-refractivity contribution in [3.05, 3.63) is 41.8 Å². The summed E-state index contributed by atoms with van der Waals surface area (Å²) in [7, 11) is -2.02. The smallest absolute Gasteiger partial charge is 0.243 e. The number of aromatic nitrogens is 2. The van der Waals surface area contributed by atoms with Crippen molar-refractivity contribution in [2.75, 3.05) is 18.4 Å². The van der Waals surface area contributed by atoms with Gasteiger partial charge in [0.1, 0.15) is 11.6 Å². The van der Waals surface area contributed by atoms with Crippen LogP contribution in [0.5, 0.6) is 0 Å². The number of halogens is 1. The van der Waals surface area contributed by atoms with E-state index in [0.29, 0.717) is 25.2 Å². The second-order valence-electron chi connectivity index (χ2n) is 6.44. The maximum atomic E-state index is 13.1. The molecule has 1 saturated heterocycles. The number of anilines is 1. The molecule has 0 bridgehead atoms. The Labute approximate surface area is 151 Å². The lowest BCUT2D eigenvalue weighted by Crippen LogP contribution is -2.43. The van der Waals surface area contributed by atoms with E-state index in [-0.39, 0.29) is 17.3 Å². The maximum Gasteiger partial charge on any atom is 0.243 e. The van der Waals surface area contributed by atoms with Gasteiger partial charge in [-0.2, -0.15) is 9.40 Å². The van der Waals surface area contributed by atoms with Crippen LogP contribution >= 0.6 is 0 Å². The third-order valence-corrected chi connectivity index (χ3v) is 6.34. The molecule has 2 aromatic rings. The molecule has 2 heterocycles. The SMILES string of the molecule is Cc1cc(NC(=O)[C@H]2CCCN(S(=O)(=O)c3ccc(F)cc3)C2)n(C)n1. The molecule has 0 spiro atoms. The number of benzene rings is 1. The Morgan fingerprint density at radius 1 is 1.31 bits per heavy atom. The lowest BCUT2D eigenvalue weighted by Gasteiger charge is -2.31. The van der Waals surface area contributed by atoms with Crippen molar-refractivity contribution < 1.29 is 17.6 Å². The van der Waals surface area contributed by atoms with Crippen molar-refractivity contribution in [2.24, 2.45) is 13.0 Å². The van der Waals surface area contributed by atoms with Crippen LogP contribution < -0.4 is 5.32 Å². The average molecular weight is 380 g/mol. The number of aryl methyl sites for hydroxylation is 2. The molecule has 140 valence electrons. The van der Waals surface area contributed by atoms with Gasteiger partial charge in [0.25, 0.3) is 0 Å². The molecule has 0 aliphatic carbocycles. The Morgan fingerprint density at radius 2 is 2.00 bits per heavy atom. The molecule has 26 heavy (non-hydrogen) atoms. The van der Waals surface area contributed by atoms with Crippen molar-refractivity contribution >= 4 is 21.7 Å². The zero-order valence-corrected chi connectivity index (χ0v) is 15.5. The molecular formula is C17H21FN4O3S. The fourth-order valence-electron chi connectivity index (χ4n) is 3.09. The van der Waals surface area contributed by atoms with E-state index in [2.05, 4.69) is 10.4 Å². The molecule has 1 atom stereocenters. The summed E-state index contributed by atoms with van der Waals surface area (Å²) in [6.45, 7) is 2.27. The number of nitrogens with one attached hydrogen (secondary N) is 1. The molecule has 1 aromatic heterocycles. The lowest BCUT2D eigenvalue weighted by molar-refractivity contribution is -0.120. The molecule has 0 unspecified atom stereocenters. The number of nitrogens with zero attached hydrogens (tertiary/aromatic N) is 3. The number of piperidine rings is 1. The van der Waals surface area contributed by atoms with Crippen LogP contribution in [0.3, 0.4) is 0 Å². The standard InChI is InChI=1S/C17H21FN4O3S/c1-12-10-16(21(2)20-12)19-17(23)13-4-3-9-22(11-13)26(24,25)15-7-5-14(18)6-8-15/h5-8,10,13H,3-4,9,11H2,1-2H3,(H,19,23)/t13-/m0/s1. The van der Waals surface area contributed by atoms with E-state index in [1.807, 2.05) is 6.92 Å². The molecule has 9 heteroatoms. The summed E-state index contributed by atoms with van der Waals surface area (Å²) in [5.41, 5.74) is 0.784. The van der Waals surface area contributed by atoms with Crippen LogP contribution in [0.2, 0.25) is 0 Å². The third kappa shape index (κ3) is 3.78. The van der Waals surface area contributed by atoms with E-state index in [9.17, 15) is 17.6 Å². The summed E-state index contributed by atoms with van der Waals surface area (Å²) < 4.78 is 41.4. The fraction of sp³-hybridized carbons (Fsp3) is 0.412. The van der Waals surface area contributed by atoms with Gasteiger partial charge in [-0.05, 0) is 44.0 Å². The second-order valence-corrected chi connectivity index (χ2v) is 8.38. The van der Waals surface area contributed by atoms with Crippen molar-refractivity contribution in [3.8, 4) is 0 Å². The highest BCUT2D eigenvalue weighted by atomic mass is 32.2. The van der Waals surface area contributed by atoms with E-state index in [0.717, 1.165) is 17.8 Å². The van der Waals surface area contributed by atoms with Gasteiger partial charge < -0.3 is 5.32 Å². The maximum absolute atomic E-state index is 13.1. The first-order valence-corrected chi connectivity index (χ1v) is 9.78. The number of carbonyl (C=O) groups excluding carboxylic acids is 1. The first-order chi connectivity index (χ1) is 12.3. The number of amides is 1. The van der Waals surface area contributed by atoms with Crippen LogP contribution in [0.15, 0.2) is 35.2 Å². The van der Waals surface area contributed by atoms with E-state index in [1.165, 1.54) is 16.4 Å². The molecule has 3 rings (SSSR count). The van der Waals surface area contributed by atoms with Crippen molar-refractivity contribution in [1.29, 1.82) is 0 Å². The summed E-state index contributed by atoms with van der Waals surface area (Å²) in [5, 5.41) is 6.99. The summed E-state index contributed by atoms with van der Waals surface area (Å²) in [4.78, 5) is 12.6. The highest BCUT2D eigenvalue weighted by molar-refractivity contribution is 7.89. The van der Waals surface area contributed by atoms with Gasteiger partial charge in [0.2, 0.25) is 15.9 Å². The number of rotatable bonds is 4. The minimum Gasteiger partial charge on any atom is -0.311 e. The van der Waals surface area contributed by atoms with Crippen molar-refractivity contribution in [3.63, 3.8) is 0 Å². The van der Waals surface area contributed by atoms with E-state index < -0.39 is 21.8 Å². The van der Waals surface area contributed by atoms with Gasteiger partial charge in [0.15, 0.2) is 0 Å². The van der Waals surface area contributed by atoms with Crippen LogP contribution in [-0.2, 0) is 21.9 Å². The third-order valence-electron chi connectivity index (χ3n) is 4.46. The molecule has 1 fully saturated rings. The van der Waals surface area contributed by atoms with Crippen LogP contribution in [-0.4, -0.2) is 41.5 Å². The topological polar surface area (TPSA) is 84.3 Å². The van der Waals surface area contributed by atoms with E-state index in [4.69, 9.17) is 0 Å². The van der Waals surface area contributed by atoms with Crippen LogP contribution in [0.4, 0.5) is 10.2 Å². The molecule has 1 N–H and O–H groups in total. The minimum atomic E-state index is -3.75. The largest absolute Gasteiger partial charge is 0.311 e. The lowest BCUT2D eigenvalue weighted by atomic mass is 9.99. The van der Waals surface area contributed by atoms with Gasteiger partial charge in [-0.25, -0.2) is 12.8 Å². The highest BCUT2D eigenvalue weighted by Crippen LogP contribution is 2.25. The first kappa shape index (κ1) is 18.5. The molecule has 7 nitrogen and oxygen atoms in total. The Morgan fingerprint density at radius 3 is 2.62 bits per heavy atom. The van der Waals surface area contributed by atoms with Crippen LogP contribution in [0.25, 0.3) is 0 Å². The van der Waals surface area contributed by atoms with Crippen LogP contribution in [0.1, 0.15) is 18.5 Å². The monoisotopic (exact) mass is 380 g/mol. The Kier molecular flexibility index (Phi) is 5.10. The quantitative estimate of drug-likeness (QED) is 0.878. The first-order valence-electron chi connectivity index (χ1n) is 8.34. The molecule has 0 saturated carbocycles. The predicted octanol–water partition coefficient (Wildman–Crippen LogP) is 1.91. The van der Waals surface area contributed by atoms with Crippen LogP contribution in [0, 0.1) is 18.7 Å². The zero-order chi connectivity index (χ0) is 18.9. The summed E-state index contributed by atoms with van der Waals surface area (Å²) in [6.07, 6.45) is 1.20. The highest BCUT2D eigenvalue weighted by Gasteiger charge is 2.33. The van der Waals surface area contributed by atoms with Gasteiger partial charge in [-0.3, -0.25) is 9.48 Å². The summed E-state index contributed by atoms with van der Waals surface area (Å²) in [6, 6.07) is 6.48. The molecule has 1 amide bonds. The molecule has 0 radical (unpaired) electrons. The van der Waals surface area contributed by atoms with Crippen molar-refractivity contribution in [1.82, 2.24) is 14.1 Å². The van der Waals surface area contributed by atoms with Gasteiger partial charge in [0, 0.05) is 26.2 Å². The van der Waals surface area contributed by atoms with Gasteiger partial charge in [-0.15, -0.1) is 0 Å². The predicted molar refractivity (Wildman–Crippen MR) is 94.5 cm³/mol. The number of hydrogen-bond acceptors (Lipinski definition) is 4. The van der Waals surface area contributed by atoms with Gasteiger partial charge in [0.05, 0.1) is 16.5 Å². The molecule has 1 aliphatic heterocycles. The summed E-state index contributed by atoms with van der Waals surface area (Å²) >= 11 is 0. The Balaban J connectivity index is 1.73. The normalized spacial score (nSPS) is 18.7. The van der Waals surface area contributed by atoms with E-state index >= 15 is 0 Å². The van der Waals surface area contributed by atoms with Crippen molar-refractivity contribution in [2.45, 2.75) is 24.7 Å². The zero-order valence-electron chi connectivity index (χ0n) is 14.6. The van der Waals surface area contributed by atoms with Gasteiger partial charge in [-0.1, -0.05) is 0 Å². The minimum absolute atomic E-state index is 0.0298. The average Bonchev–Trinajstić information content (AvgIpc) is 2.92. The number of hydrogen-bond donors (Lipinski definition) is 1. The van der Waals surface area contributed by atoms with E-state index in [1.54, 1.807) is 17.8 Å².